The molecule has 4 rings (SSSR count). The Hall–Kier alpha value is -3.61. The van der Waals surface area contributed by atoms with Crippen molar-refractivity contribution < 1.29 is 4.79 Å². The lowest BCUT2D eigenvalue weighted by Crippen LogP contribution is -2.31. The number of anilines is 3. The number of carbonyl (C=O) groups excluding carboxylic acids is 1. The van der Waals surface area contributed by atoms with E-state index in [-0.39, 0.29) is 11.9 Å². The van der Waals surface area contributed by atoms with Gasteiger partial charge in [-0.05, 0) is 43.2 Å². The van der Waals surface area contributed by atoms with E-state index < -0.39 is 0 Å². The molecule has 2 heterocycles. The number of hydrogen-bond donors (Lipinski definition) is 2. The maximum absolute atomic E-state index is 13.3. The molecule has 0 bridgehead atoms. The molecule has 0 spiro atoms. The Labute approximate surface area is 170 Å². The van der Waals surface area contributed by atoms with Crippen LogP contribution in [0.2, 0.25) is 0 Å². The molecule has 1 aliphatic rings. The summed E-state index contributed by atoms with van der Waals surface area (Å²) in [5.74, 6) is 0.462. The van der Waals surface area contributed by atoms with Gasteiger partial charge in [-0.15, -0.1) is 0 Å². The first-order valence-electron chi connectivity index (χ1n) is 9.47. The topological polar surface area (TPSA) is 75.1 Å². The molecule has 2 N–H and O–H groups in total. The van der Waals surface area contributed by atoms with Crippen LogP contribution in [0.3, 0.4) is 0 Å². The highest BCUT2D eigenvalue weighted by molar-refractivity contribution is 6.06. The number of amides is 1. The third-order valence-corrected chi connectivity index (χ3v) is 5.16. The molecule has 0 unspecified atom stereocenters. The summed E-state index contributed by atoms with van der Waals surface area (Å²) in [6, 6.07) is 15.5. The number of fused-ring (bicyclic) bond motifs is 1. The summed E-state index contributed by atoms with van der Waals surface area (Å²) in [5.41, 5.74) is 5.24. The summed E-state index contributed by atoms with van der Waals surface area (Å²) >= 11 is 0. The van der Waals surface area contributed by atoms with Gasteiger partial charge in [-0.2, -0.15) is 10.1 Å². The van der Waals surface area contributed by atoms with E-state index in [1.807, 2.05) is 81.4 Å². The van der Waals surface area contributed by atoms with Crippen molar-refractivity contribution in [2.75, 3.05) is 29.6 Å². The van der Waals surface area contributed by atoms with Crippen LogP contribution in [-0.2, 0) is 4.79 Å². The van der Waals surface area contributed by atoms with Crippen LogP contribution in [0, 0.1) is 6.92 Å². The van der Waals surface area contributed by atoms with Crippen LogP contribution in [0.25, 0.3) is 0 Å². The van der Waals surface area contributed by atoms with Crippen molar-refractivity contribution in [3.8, 4) is 0 Å². The molecular weight excluding hydrogens is 364 g/mol. The Kier molecular flexibility index (Phi) is 4.80. The third kappa shape index (κ3) is 3.47. The van der Waals surface area contributed by atoms with Gasteiger partial charge in [-0.25, -0.2) is 4.68 Å². The van der Waals surface area contributed by atoms with Gasteiger partial charge in [0.25, 0.3) is 5.91 Å². The Morgan fingerprint density at radius 3 is 2.52 bits per heavy atom. The van der Waals surface area contributed by atoms with Crippen molar-refractivity contribution in [2.45, 2.75) is 19.9 Å². The minimum absolute atomic E-state index is 0.160. The Bertz CT molecular complexity index is 1080. The summed E-state index contributed by atoms with van der Waals surface area (Å²) in [7, 11) is 4.00. The van der Waals surface area contributed by atoms with Crippen LogP contribution >= 0.6 is 0 Å². The van der Waals surface area contributed by atoms with E-state index in [1.165, 1.54) is 6.33 Å². The van der Waals surface area contributed by atoms with Crippen LogP contribution in [0.15, 0.2) is 66.1 Å². The van der Waals surface area contributed by atoms with Gasteiger partial charge < -0.3 is 15.5 Å². The fourth-order valence-electron chi connectivity index (χ4n) is 3.55. The van der Waals surface area contributed by atoms with Crippen molar-refractivity contribution >= 4 is 23.2 Å². The van der Waals surface area contributed by atoms with Crippen molar-refractivity contribution in [1.82, 2.24) is 14.8 Å². The molecule has 3 aromatic rings. The van der Waals surface area contributed by atoms with E-state index in [0.29, 0.717) is 11.5 Å². The number of nitrogens with zero attached hydrogens (tertiary/aromatic N) is 4. The number of rotatable bonds is 4. The van der Waals surface area contributed by atoms with Gasteiger partial charge in [0.2, 0.25) is 5.95 Å². The van der Waals surface area contributed by atoms with Crippen molar-refractivity contribution in [3.63, 3.8) is 0 Å². The highest BCUT2D eigenvalue weighted by Crippen LogP contribution is 2.35. The minimum atomic E-state index is -0.367. The quantitative estimate of drug-likeness (QED) is 0.715. The second-order valence-corrected chi connectivity index (χ2v) is 7.35. The second kappa shape index (κ2) is 7.43. The van der Waals surface area contributed by atoms with Crippen LogP contribution < -0.4 is 15.5 Å². The molecule has 1 aromatic heterocycles. The van der Waals surface area contributed by atoms with Crippen molar-refractivity contribution in [2.24, 2.45) is 0 Å². The molecule has 7 heteroatoms. The molecule has 0 fully saturated rings. The zero-order valence-electron chi connectivity index (χ0n) is 17.0. The molecule has 1 aliphatic heterocycles. The lowest BCUT2D eigenvalue weighted by Gasteiger charge is -2.29. The molecule has 1 atom stereocenters. The maximum Gasteiger partial charge on any atom is 0.255 e. The summed E-state index contributed by atoms with van der Waals surface area (Å²) in [6.07, 6.45) is 1.50. The summed E-state index contributed by atoms with van der Waals surface area (Å²) < 4.78 is 1.75. The van der Waals surface area contributed by atoms with E-state index in [9.17, 15) is 4.79 Å². The highest BCUT2D eigenvalue weighted by Gasteiger charge is 2.33. The number of allylic oxidation sites excluding steroid dienone is 1. The summed E-state index contributed by atoms with van der Waals surface area (Å²) in [6.45, 7) is 3.87. The molecule has 0 saturated heterocycles. The highest BCUT2D eigenvalue weighted by atomic mass is 16.1. The molecule has 0 radical (unpaired) electrons. The molecule has 2 aromatic carbocycles. The standard InChI is InChI=1S/C22H24N6O/c1-14-7-5-6-8-18(14)26-21(29)19-15(2)25-22-23-13-24-28(22)20(19)16-9-11-17(12-10-16)27(3)4/h5-13,20H,1-4H3,(H,26,29)(H,23,24,25)/t20-/m1/s1. The Morgan fingerprint density at radius 1 is 1.10 bits per heavy atom. The lowest BCUT2D eigenvalue weighted by molar-refractivity contribution is -0.113. The average Bonchev–Trinajstić information content (AvgIpc) is 3.16. The first-order valence-corrected chi connectivity index (χ1v) is 9.47. The largest absolute Gasteiger partial charge is 0.378 e. The van der Waals surface area contributed by atoms with E-state index in [1.54, 1.807) is 4.68 Å². The predicted molar refractivity (Wildman–Crippen MR) is 115 cm³/mol. The van der Waals surface area contributed by atoms with Gasteiger partial charge in [0, 0.05) is 31.2 Å². The van der Waals surface area contributed by atoms with Crippen molar-refractivity contribution in [1.29, 1.82) is 0 Å². The Morgan fingerprint density at radius 2 is 1.83 bits per heavy atom. The number of aryl methyl sites for hydroxylation is 1. The van der Waals surface area contributed by atoms with Gasteiger partial charge in [0.05, 0.1) is 5.57 Å². The zero-order chi connectivity index (χ0) is 20.5. The average molecular weight is 388 g/mol. The Balaban J connectivity index is 1.75. The predicted octanol–water partition coefficient (Wildman–Crippen LogP) is 3.58. The fourth-order valence-corrected chi connectivity index (χ4v) is 3.55. The normalized spacial score (nSPS) is 15.5. The smallest absolute Gasteiger partial charge is 0.255 e. The van der Waals surface area contributed by atoms with Crippen LogP contribution in [0.1, 0.15) is 24.1 Å². The molecule has 7 nitrogen and oxygen atoms in total. The lowest BCUT2D eigenvalue weighted by atomic mass is 9.94. The molecule has 148 valence electrons. The first kappa shape index (κ1) is 18.7. The number of nitrogens with one attached hydrogen (secondary N) is 2. The van der Waals surface area contributed by atoms with E-state index >= 15 is 0 Å². The minimum Gasteiger partial charge on any atom is -0.378 e. The number of aromatic nitrogens is 3. The third-order valence-electron chi connectivity index (χ3n) is 5.16. The molecule has 0 saturated carbocycles. The van der Waals surface area contributed by atoms with Gasteiger partial charge in [-0.1, -0.05) is 30.3 Å². The van der Waals surface area contributed by atoms with Gasteiger partial charge in [0.15, 0.2) is 0 Å². The first-order chi connectivity index (χ1) is 14.0. The SMILES string of the molecule is CC1=C(C(=O)Nc2ccccc2C)[C@@H](c2ccc(N(C)C)cc2)n2ncnc2N1. The maximum atomic E-state index is 13.3. The van der Waals surface area contributed by atoms with E-state index in [2.05, 4.69) is 20.7 Å². The monoisotopic (exact) mass is 388 g/mol. The number of hydrogen-bond acceptors (Lipinski definition) is 5. The summed E-state index contributed by atoms with van der Waals surface area (Å²) in [5, 5.41) is 10.6. The van der Waals surface area contributed by atoms with Gasteiger partial charge >= 0.3 is 0 Å². The number of benzene rings is 2. The molecule has 29 heavy (non-hydrogen) atoms. The van der Waals surface area contributed by atoms with E-state index in [4.69, 9.17) is 0 Å². The fraction of sp³-hybridized carbons (Fsp3) is 0.227. The van der Waals surface area contributed by atoms with Gasteiger partial charge in [0.1, 0.15) is 12.4 Å². The van der Waals surface area contributed by atoms with Crippen LogP contribution in [-0.4, -0.2) is 34.8 Å². The molecule has 1 amide bonds. The molecular formula is C22H24N6O. The van der Waals surface area contributed by atoms with Crippen LogP contribution in [0.4, 0.5) is 17.3 Å². The number of carbonyl (C=O) groups is 1. The zero-order valence-corrected chi connectivity index (χ0v) is 17.0. The summed E-state index contributed by atoms with van der Waals surface area (Å²) in [4.78, 5) is 19.7. The van der Waals surface area contributed by atoms with Crippen molar-refractivity contribution in [3.05, 3.63) is 77.3 Å². The van der Waals surface area contributed by atoms with Gasteiger partial charge in [-0.3, -0.25) is 4.79 Å². The van der Waals surface area contributed by atoms with Crippen LogP contribution in [0.5, 0.6) is 0 Å². The second-order valence-electron chi connectivity index (χ2n) is 7.35. The number of para-hydroxylation sites is 1. The van der Waals surface area contributed by atoms with E-state index in [0.717, 1.165) is 28.2 Å². The molecule has 0 aliphatic carbocycles.